The van der Waals surface area contributed by atoms with Gasteiger partial charge in [-0.05, 0) is 0 Å². The molecule has 0 fully saturated rings. The van der Waals surface area contributed by atoms with Crippen molar-refractivity contribution in [1.29, 1.82) is 0 Å². The van der Waals surface area contributed by atoms with Gasteiger partial charge in [0.15, 0.2) is 0 Å². The number of benzene rings is 1. The predicted molar refractivity (Wildman–Crippen MR) is 36.0 cm³/mol. The SMILES string of the molecule is FB(F)F.Oc1[c-]c(F)ccc1.[K+]. The standard InChI is InChI=1S/C6H4FO.BF3.K/c7-5-2-1-3-6(8)4-5;2-1(3)4;/h1-3,8H;;/q-1;;+1. The maximum absolute atomic E-state index is 12.0. The average molecular weight is 218 g/mol. The fourth-order valence-corrected chi connectivity index (χ4v) is 0.429. The molecule has 0 atom stereocenters. The van der Waals surface area contributed by atoms with Crippen molar-refractivity contribution >= 4 is 7.54 Å². The van der Waals surface area contributed by atoms with Gasteiger partial charge in [-0.2, -0.15) is 6.07 Å². The van der Waals surface area contributed by atoms with Gasteiger partial charge in [-0.25, -0.2) is 4.39 Å². The Hall–Kier alpha value is 0.441. The van der Waals surface area contributed by atoms with Crippen molar-refractivity contribution in [3.63, 3.8) is 0 Å². The fourth-order valence-electron chi connectivity index (χ4n) is 0.429. The number of phenols is 1. The van der Waals surface area contributed by atoms with Crippen LogP contribution in [0, 0.1) is 11.9 Å². The van der Waals surface area contributed by atoms with Gasteiger partial charge in [0.25, 0.3) is 0 Å². The van der Waals surface area contributed by atoms with Crippen LogP contribution in [0.1, 0.15) is 0 Å². The Bertz CT molecular complexity index is 216. The summed E-state index contributed by atoms with van der Waals surface area (Å²) in [4.78, 5) is 0. The van der Waals surface area contributed by atoms with E-state index < -0.39 is 13.4 Å². The summed E-state index contributed by atoms with van der Waals surface area (Å²) < 4.78 is 41.0. The molecule has 0 bridgehead atoms. The number of phenolic OH excluding ortho intramolecular Hbond substituents is 1. The van der Waals surface area contributed by atoms with Crippen LogP contribution in [-0.4, -0.2) is 12.7 Å². The number of hydrogen-bond acceptors (Lipinski definition) is 1. The molecule has 0 aromatic heterocycles. The normalized spacial score (nSPS) is 7.69. The first-order chi connectivity index (χ1) is 5.52. The summed E-state index contributed by atoms with van der Waals surface area (Å²) >= 11 is 0. The first-order valence-electron chi connectivity index (χ1n) is 2.81. The minimum Gasteiger partial charge on any atom is -0.534 e. The Morgan fingerprint density at radius 1 is 1.23 bits per heavy atom. The summed E-state index contributed by atoms with van der Waals surface area (Å²) in [6.45, 7) is 0. The van der Waals surface area contributed by atoms with Crippen LogP contribution in [-0.2, 0) is 0 Å². The van der Waals surface area contributed by atoms with Gasteiger partial charge in [-0.3, -0.25) is 12.9 Å². The number of aromatic hydroxyl groups is 1. The van der Waals surface area contributed by atoms with Gasteiger partial charge in [0.05, 0.1) is 0 Å². The number of rotatable bonds is 0. The quantitative estimate of drug-likeness (QED) is 0.344. The number of halogens is 4. The van der Waals surface area contributed by atoms with Crippen LogP contribution in [0.15, 0.2) is 18.2 Å². The molecular weight excluding hydrogens is 214 g/mol. The molecule has 0 saturated carbocycles. The topological polar surface area (TPSA) is 20.2 Å². The summed E-state index contributed by atoms with van der Waals surface area (Å²) in [6, 6.07) is 6.06. The average Bonchev–Trinajstić information content (AvgIpc) is 1.84. The zero-order valence-corrected chi connectivity index (χ0v) is 9.89. The molecule has 0 radical (unpaired) electrons. The van der Waals surface area contributed by atoms with Crippen LogP contribution in [0.25, 0.3) is 0 Å². The summed E-state index contributed by atoms with van der Waals surface area (Å²) in [5, 5.41) is 8.52. The Labute approximate surface area is 116 Å². The molecule has 0 aliphatic carbocycles. The molecule has 1 rings (SSSR count). The third kappa shape index (κ3) is 12.4. The second kappa shape index (κ2) is 9.01. The molecule has 13 heavy (non-hydrogen) atoms. The van der Waals surface area contributed by atoms with E-state index in [1.165, 1.54) is 18.2 Å². The second-order valence-corrected chi connectivity index (χ2v) is 1.63. The van der Waals surface area contributed by atoms with Crippen molar-refractivity contribution in [2.45, 2.75) is 0 Å². The van der Waals surface area contributed by atoms with Crippen molar-refractivity contribution in [3.8, 4) is 5.75 Å². The van der Waals surface area contributed by atoms with Crippen molar-refractivity contribution in [2.75, 3.05) is 0 Å². The molecule has 0 aliphatic rings. The third-order valence-electron chi connectivity index (χ3n) is 0.744. The van der Waals surface area contributed by atoms with Crippen LogP contribution in [0.5, 0.6) is 5.75 Å². The van der Waals surface area contributed by atoms with E-state index in [2.05, 4.69) is 6.07 Å². The Morgan fingerprint density at radius 2 is 1.69 bits per heavy atom. The van der Waals surface area contributed by atoms with Gasteiger partial charge in [0.2, 0.25) is 0 Å². The van der Waals surface area contributed by atoms with Crippen LogP contribution in [0.3, 0.4) is 0 Å². The molecular formula is C6H4BF4KO. The van der Waals surface area contributed by atoms with Crippen molar-refractivity contribution in [2.24, 2.45) is 0 Å². The molecule has 0 spiro atoms. The Kier molecular flexibility index (Phi) is 11.0. The van der Waals surface area contributed by atoms with E-state index in [0.29, 0.717) is 0 Å². The van der Waals surface area contributed by atoms with Crippen molar-refractivity contribution < 1.29 is 73.8 Å². The van der Waals surface area contributed by atoms with Crippen molar-refractivity contribution in [3.05, 3.63) is 30.1 Å². The van der Waals surface area contributed by atoms with E-state index in [9.17, 15) is 17.3 Å². The maximum Gasteiger partial charge on any atom is 1.00 e. The van der Waals surface area contributed by atoms with Gasteiger partial charge < -0.3 is 5.11 Å². The minimum atomic E-state index is -3.67. The molecule has 1 N–H and O–H groups in total. The zero-order chi connectivity index (χ0) is 9.56. The second-order valence-electron chi connectivity index (χ2n) is 1.63. The minimum absolute atomic E-state index is 0. The van der Waals surface area contributed by atoms with Crippen LogP contribution < -0.4 is 51.4 Å². The molecule has 0 saturated heterocycles. The monoisotopic (exact) mass is 218 g/mol. The Balaban J connectivity index is 0. The number of hydrogen-bond donors (Lipinski definition) is 1. The van der Waals surface area contributed by atoms with Gasteiger partial charge in [0.1, 0.15) is 0 Å². The summed E-state index contributed by atoms with van der Waals surface area (Å²) in [5.41, 5.74) is 0. The van der Waals surface area contributed by atoms with Crippen LogP contribution in [0.2, 0.25) is 0 Å². The summed E-state index contributed by atoms with van der Waals surface area (Å²) in [7, 11) is -3.67. The molecule has 1 nitrogen and oxygen atoms in total. The van der Waals surface area contributed by atoms with Crippen LogP contribution in [0.4, 0.5) is 17.3 Å². The summed E-state index contributed by atoms with van der Waals surface area (Å²) in [5.74, 6) is -0.699. The van der Waals surface area contributed by atoms with E-state index in [4.69, 9.17) is 5.11 Å². The van der Waals surface area contributed by atoms with E-state index >= 15 is 0 Å². The molecule has 7 heteroatoms. The maximum atomic E-state index is 12.0. The smallest absolute Gasteiger partial charge is 0.534 e. The van der Waals surface area contributed by atoms with Crippen molar-refractivity contribution in [1.82, 2.24) is 0 Å². The zero-order valence-electron chi connectivity index (χ0n) is 6.77. The van der Waals surface area contributed by atoms with Gasteiger partial charge in [-0.1, -0.05) is 0 Å². The fraction of sp³-hybridized carbons (Fsp3) is 0. The van der Waals surface area contributed by atoms with E-state index in [1.807, 2.05) is 0 Å². The van der Waals surface area contributed by atoms with Crippen LogP contribution >= 0.6 is 0 Å². The third-order valence-corrected chi connectivity index (χ3v) is 0.744. The van der Waals surface area contributed by atoms with E-state index in [0.717, 1.165) is 0 Å². The molecule has 1 aromatic carbocycles. The van der Waals surface area contributed by atoms with Gasteiger partial charge >= 0.3 is 58.9 Å². The molecule has 0 unspecified atom stereocenters. The van der Waals surface area contributed by atoms with Gasteiger partial charge in [-0.15, -0.1) is 18.2 Å². The predicted octanol–water partition coefficient (Wildman–Crippen LogP) is -0.785. The van der Waals surface area contributed by atoms with E-state index in [1.54, 1.807) is 0 Å². The molecule has 0 amide bonds. The molecule has 1 aromatic rings. The molecule has 66 valence electrons. The first kappa shape index (κ1) is 15.9. The Morgan fingerprint density at radius 3 is 1.92 bits per heavy atom. The first-order valence-corrected chi connectivity index (χ1v) is 2.81. The molecule has 0 heterocycles. The summed E-state index contributed by atoms with van der Waals surface area (Å²) in [6.07, 6.45) is 0. The van der Waals surface area contributed by atoms with E-state index in [-0.39, 0.29) is 57.1 Å². The molecule has 0 aliphatic heterocycles. The van der Waals surface area contributed by atoms with Gasteiger partial charge in [0, 0.05) is 11.6 Å². The largest absolute Gasteiger partial charge is 1.00 e.